The zero-order chi connectivity index (χ0) is 21.5. The number of nitrogens with zero attached hydrogens (tertiary/aromatic N) is 1. The summed E-state index contributed by atoms with van der Waals surface area (Å²) in [5.74, 6) is 0.374. The predicted molar refractivity (Wildman–Crippen MR) is 126 cm³/mol. The monoisotopic (exact) mass is 449 g/mol. The first-order valence-electron chi connectivity index (χ1n) is 9.66. The fourth-order valence-corrected chi connectivity index (χ4v) is 3.72. The van der Waals surface area contributed by atoms with E-state index in [2.05, 4.69) is 15.6 Å². The van der Waals surface area contributed by atoms with Crippen molar-refractivity contribution in [2.24, 2.45) is 0 Å². The summed E-state index contributed by atoms with van der Waals surface area (Å²) in [7, 11) is 0. The van der Waals surface area contributed by atoms with E-state index in [0.29, 0.717) is 35.2 Å². The molecule has 0 bridgehead atoms. The molecule has 0 fully saturated rings. The van der Waals surface area contributed by atoms with Crippen LogP contribution in [0, 0.1) is 0 Å². The number of thiazole rings is 1. The lowest BCUT2D eigenvalue weighted by Gasteiger charge is -2.12. The molecule has 4 rings (SSSR count). The number of hydrogen-bond acceptors (Lipinski definition) is 5. The minimum Gasteiger partial charge on any atom is -0.487 e. The van der Waals surface area contributed by atoms with Crippen molar-refractivity contribution in [1.29, 1.82) is 0 Å². The van der Waals surface area contributed by atoms with Gasteiger partial charge in [-0.1, -0.05) is 48.0 Å². The maximum Gasteiger partial charge on any atom is 0.255 e. The highest BCUT2D eigenvalue weighted by atomic mass is 35.5. The molecule has 0 atom stereocenters. The van der Waals surface area contributed by atoms with Crippen molar-refractivity contribution in [3.05, 3.63) is 106 Å². The number of amides is 1. The van der Waals surface area contributed by atoms with Crippen LogP contribution in [0.15, 0.2) is 83.7 Å². The second kappa shape index (κ2) is 10.1. The molecule has 1 aromatic heterocycles. The Morgan fingerprint density at radius 3 is 2.68 bits per heavy atom. The highest BCUT2D eigenvalue weighted by Gasteiger charge is 2.10. The first kappa shape index (κ1) is 20.9. The van der Waals surface area contributed by atoms with Gasteiger partial charge in [-0.15, -0.1) is 11.3 Å². The number of rotatable bonds is 8. The summed E-state index contributed by atoms with van der Waals surface area (Å²) in [6, 6.07) is 22.5. The van der Waals surface area contributed by atoms with Crippen molar-refractivity contribution >= 4 is 40.2 Å². The quantitative estimate of drug-likeness (QED) is 0.334. The fourth-order valence-electron chi connectivity index (χ4n) is 2.93. The van der Waals surface area contributed by atoms with Crippen LogP contribution in [0.25, 0.3) is 0 Å². The van der Waals surface area contributed by atoms with Gasteiger partial charge < -0.3 is 15.4 Å². The molecule has 1 amide bonds. The first-order valence-corrected chi connectivity index (χ1v) is 11.0. The number of halogens is 1. The zero-order valence-corrected chi connectivity index (χ0v) is 18.1. The van der Waals surface area contributed by atoms with Gasteiger partial charge in [0.05, 0.1) is 21.9 Å². The third kappa shape index (κ3) is 5.84. The van der Waals surface area contributed by atoms with Gasteiger partial charge in [-0.25, -0.2) is 4.98 Å². The lowest BCUT2D eigenvalue weighted by Crippen LogP contribution is -2.12. The largest absolute Gasteiger partial charge is 0.487 e. The average Bonchev–Trinajstić information content (AvgIpc) is 3.32. The van der Waals surface area contributed by atoms with Crippen molar-refractivity contribution in [3.63, 3.8) is 0 Å². The Hall–Kier alpha value is -3.35. The van der Waals surface area contributed by atoms with E-state index in [4.69, 9.17) is 16.3 Å². The van der Waals surface area contributed by atoms with Crippen molar-refractivity contribution in [3.8, 4) is 5.75 Å². The second-order valence-corrected chi connectivity index (χ2v) is 7.91. The van der Waals surface area contributed by atoms with Crippen LogP contribution >= 0.6 is 22.9 Å². The van der Waals surface area contributed by atoms with Crippen LogP contribution in [0.1, 0.15) is 21.6 Å². The van der Waals surface area contributed by atoms with Crippen molar-refractivity contribution < 1.29 is 9.53 Å². The van der Waals surface area contributed by atoms with Gasteiger partial charge in [0.25, 0.3) is 5.91 Å². The van der Waals surface area contributed by atoms with Crippen LogP contribution in [-0.4, -0.2) is 10.9 Å². The van der Waals surface area contributed by atoms with Gasteiger partial charge in [0.2, 0.25) is 0 Å². The molecule has 5 nitrogen and oxygen atoms in total. The summed E-state index contributed by atoms with van der Waals surface area (Å²) in [6.07, 6.45) is 0. The maximum absolute atomic E-state index is 12.7. The van der Waals surface area contributed by atoms with Crippen LogP contribution in [0.5, 0.6) is 5.75 Å². The average molecular weight is 450 g/mol. The summed E-state index contributed by atoms with van der Waals surface area (Å²) >= 11 is 7.92. The minimum absolute atomic E-state index is 0.236. The molecule has 4 aromatic rings. The number of anilines is 2. The second-order valence-electron chi connectivity index (χ2n) is 6.78. The Labute approximate surface area is 189 Å². The molecule has 0 spiro atoms. The van der Waals surface area contributed by atoms with Gasteiger partial charge in [0.15, 0.2) is 0 Å². The molecule has 0 saturated heterocycles. The molecular weight excluding hydrogens is 430 g/mol. The van der Waals surface area contributed by atoms with Crippen LogP contribution in [0.3, 0.4) is 0 Å². The van der Waals surface area contributed by atoms with Crippen LogP contribution in [-0.2, 0) is 13.2 Å². The molecular formula is C24H20ClN3O2S. The third-order valence-electron chi connectivity index (χ3n) is 4.52. The number of carbonyl (C=O) groups is 1. The Balaban J connectivity index is 1.36. The molecule has 2 N–H and O–H groups in total. The third-order valence-corrected chi connectivity index (χ3v) is 5.47. The van der Waals surface area contributed by atoms with E-state index in [9.17, 15) is 4.79 Å². The number of ether oxygens (including phenoxy) is 1. The molecule has 0 aliphatic heterocycles. The van der Waals surface area contributed by atoms with Crippen molar-refractivity contribution in [2.45, 2.75) is 13.2 Å². The molecule has 0 unspecified atom stereocenters. The minimum atomic E-state index is -0.236. The Kier molecular flexibility index (Phi) is 6.82. The Morgan fingerprint density at radius 2 is 1.90 bits per heavy atom. The smallest absolute Gasteiger partial charge is 0.255 e. The molecule has 0 saturated carbocycles. The molecule has 31 heavy (non-hydrogen) atoms. The van der Waals surface area contributed by atoms with Crippen molar-refractivity contribution in [1.82, 2.24) is 4.98 Å². The topological polar surface area (TPSA) is 63.2 Å². The van der Waals surface area contributed by atoms with Gasteiger partial charge in [0, 0.05) is 23.2 Å². The zero-order valence-electron chi connectivity index (χ0n) is 16.5. The van der Waals surface area contributed by atoms with E-state index in [1.54, 1.807) is 29.8 Å². The number of carbonyl (C=O) groups excluding carboxylic acids is 1. The Bertz CT molecular complexity index is 1150. The molecule has 1 heterocycles. The lowest BCUT2D eigenvalue weighted by molar-refractivity contribution is 0.102. The molecule has 0 aliphatic rings. The van der Waals surface area contributed by atoms with E-state index in [-0.39, 0.29) is 5.91 Å². The van der Waals surface area contributed by atoms with Gasteiger partial charge in [-0.2, -0.15) is 0 Å². The Morgan fingerprint density at radius 1 is 1.03 bits per heavy atom. The summed E-state index contributed by atoms with van der Waals surface area (Å²) < 4.78 is 5.72. The summed E-state index contributed by atoms with van der Waals surface area (Å²) in [6.45, 7) is 1.03. The SMILES string of the molecule is O=C(Nc1ccc(NCc2ccccc2)c(Cl)c1)c1cccc(OCc2cscn2)c1. The fraction of sp³-hybridized carbons (Fsp3) is 0.0833. The molecule has 0 radical (unpaired) electrons. The van der Waals surface area contributed by atoms with E-state index in [0.717, 1.165) is 16.9 Å². The molecule has 0 aliphatic carbocycles. The van der Waals surface area contributed by atoms with Gasteiger partial charge in [0.1, 0.15) is 12.4 Å². The van der Waals surface area contributed by atoms with Crippen LogP contribution in [0.2, 0.25) is 5.02 Å². The lowest BCUT2D eigenvalue weighted by atomic mass is 10.2. The van der Waals surface area contributed by atoms with Gasteiger partial charge in [-0.3, -0.25) is 4.79 Å². The van der Waals surface area contributed by atoms with E-state index >= 15 is 0 Å². The highest BCUT2D eigenvalue weighted by Crippen LogP contribution is 2.26. The number of nitrogens with one attached hydrogen (secondary N) is 2. The highest BCUT2D eigenvalue weighted by molar-refractivity contribution is 7.07. The summed E-state index contributed by atoms with van der Waals surface area (Å²) in [5, 5.41) is 8.65. The van der Waals surface area contributed by atoms with Crippen molar-refractivity contribution in [2.75, 3.05) is 10.6 Å². The standard InChI is InChI=1S/C24H20ClN3O2S/c25-22-12-19(9-10-23(22)26-13-17-5-2-1-3-6-17)28-24(29)18-7-4-8-21(11-18)30-14-20-15-31-16-27-20/h1-12,15-16,26H,13-14H2,(H,28,29). The number of benzene rings is 3. The summed E-state index contributed by atoms with van der Waals surface area (Å²) in [5.41, 5.74) is 5.70. The number of aromatic nitrogens is 1. The van der Waals surface area contributed by atoms with E-state index < -0.39 is 0 Å². The van der Waals surface area contributed by atoms with E-state index in [1.807, 2.05) is 53.9 Å². The number of hydrogen-bond donors (Lipinski definition) is 2. The first-order chi connectivity index (χ1) is 15.2. The van der Waals surface area contributed by atoms with Crippen LogP contribution in [0.4, 0.5) is 11.4 Å². The van der Waals surface area contributed by atoms with Crippen LogP contribution < -0.4 is 15.4 Å². The summed E-state index contributed by atoms with van der Waals surface area (Å²) in [4.78, 5) is 16.9. The molecule has 3 aromatic carbocycles. The molecule has 7 heteroatoms. The molecule has 156 valence electrons. The predicted octanol–water partition coefficient (Wildman–Crippen LogP) is 6.24. The van der Waals surface area contributed by atoms with E-state index in [1.165, 1.54) is 11.3 Å². The maximum atomic E-state index is 12.7. The van der Waals surface area contributed by atoms with Gasteiger partial charge >= 0.3 is 0 Å². The normalized spacial score (nSPS) is 10.5. The van der Waals surface area contributed by atoms with Gasteiger partial charge in [-0.05, 0) is 42.0 Å².